The van der Waals surface area contributed by atoms with Crippen molar-refractivity contribution < 1.29 is 9.47 Å². The van der Waals surface area contributed by atoms with Crippen molar-refractivity contribution in [3.05, 3.63) is 9.15 Å². The van der Waals surface area contributed by atoms with E-state index in [9.17, 15) is 0 Å². The molecule has 1 spiro atoms. The highest BCUT2D eigenvalue weighted by Gasteiger charge is 2.56. The van der Waals surface area contributed by atoms with Gasteiger partial charge in [0.05, 0.1) is 6.61 Å². The van der Waals surface area contributed by atoms with Crippen LogP contribution in [0.3, 0.4) is 0 Å². The first kappa shape index (κ1) is 12.8. The van der Waals surface area contributed by atoms with Crippen molar-refractivity contribution in [2.45, 2.75) is 58.8 Å². The second kappa shape index (κ2) is 3.69. The average molecular weight is 336 g/mol. The molecule has 0 unspecified atom stereocenters. The summed E-state index contributed by atoms with van der Waals surface area (Å²) in [5.41, 5.74) is 1.48. The Bertz CT molecular complexity index is 344. The Morgan fingerprint density at radius 2 is 1.75 bits per heavy atom. The van der Waals surface area contributed by atoms with Crippen molar-refractivity contribution in [2.24, 2.45) is 5.41 Å². The van der Waals surface area contributed by atoms with E-state index in [0.29, 0.717) is 6.61 Å². The molecule has 0 aromatic carbocycles. The van der Waals surface area contributed by atoms with Crippen molar-refractivity contribution in [2.75, 3.05) is 6.61 Å². The summed E-state index contributed by atoms with van der Waals surface area (Å²) in [6, 6.07) is 0. The molecule has 0 radical (unpaired) electrons. The van der Waals surface area contributed by atoms with Gasteiger partial charge in [0.2, 0.25) is 0 Å². The first-order valence-electron chi connectivity index (χ1n) is 5.86. The Labute approximate surface area is 112 Å². The zero-order chi connectivity index (χ0) is 12.2. The van der Waals surface area contributed by atoms with Crippen molar-refractivity contribution in [1.82, 2.24) is 0 Å². The maximum atomic E-state index is 6.25. The van der Waals surface area contributed by atoms with Crippen LogP contribution in [0.25, 0.3) is 0 Å². The van der Waals surface area contributed by atoms with E-state index in [1.54, 1.807) is 0 Å². The Balaban J connectivity index is 2.35. The highest BCUT2D eigenvalue weighted by Crippen LogP contribution is 2.54. The van der Waals surface area contributed by atoms with Crippen LogP contribution in [0.15, 0.2) is 9.15 Å². The minimum absolute atomic E-state index is 0.130. The number of halogens is 1. The topological polar surface area (TPSA) is 18.5 Å². The molecule has 3 heteroatoms. The average Bonchev–Trinajstić information content (AvgIpc) is 2.40. The van der Waals surface area contributed by atoms with Gasteiger partial charge < -0.3 is 9.47 Å². The molecule has 1 atom stereocenters. The van der Waals surface area contributed by atoms with Gasteiger partial charge in [-0.3, -0.25) is 0 Å². The summed E-state index contributed by atoms with van der Waals surface area (Å²) >= 11 is 2.47. The van der Waals surface area contributed by atoms with E-state index in [0.717, 1.165) is 12.8 Å². The van der Waals surface area contributed by atoms with Crippen LogP contribution in [0.5, 0.6) is 0 Å². The van der Waals surface area contributed by atoms with Gasteiger partial charge in [0.15, 0.2) is 5.79 Å². The van der Waals surface area contributed by atoms with Gasteiger partial charge in [0, 0.05) is 11.8 Å². The summed E-state index contributed by atoms with van der Waals surface area (Å²) in [4.78, 5) is 0. The molecule has 1 fully saturated rings. The summed E-state index contributed by atoms with van der Waals surface area (Å²) in [5, 5.41) is 0. The fourth-order valence-electron chi connectivity index (χ4n) is 2.70. The number of hydrogen-bond acceptors (Lipinski definition) is 2. The normalized spacial score (nSPS) is 37.1. The van der Waals surface area contributed by atoms with Crippen molar-refractivity contribution >= 4 is 22.6 Å². The molecule has 0 saturated carbocycles. The minimum atomic E-state index is -0.430. The van der Waals surface area contributed by atoms with Gasteiger partial charge >= 0.3 is 0 Å². The van der Waals surface area contributed by atoms with E-state index in [2.05, 4.69) is 43.4 Å². The highest BCUT2D eigenvalue weighted by atomic mass is 127. The molecule has 0 amide bonds. The largest absolute Gasteiger partial charge is 0.347 e. The van der Waals surface area contributed by atoms with E-state index in [-0.39, 0.29) is 11.0 Å². The van der Waals surface area contributed by atoms with Crippen LogP contribution in [-0.2, 0) is 9.47 Å². The number of allylic oxidation sites excluding steroid dienone is 1. The smallest absolute Gasteiger partial charge is 0.163 e. The lowest BCUT2D eigenvalue weighted by molar-refractivity contribution is -0.187. The number of ether oxygens (including phenoxy) is 2. The van der Waals surface area contributed by atoms with E-state index in [1.807, 2.05) is 13.8 Å². The molecule has 16 heavy (non-hydrogen) atoms. The van der Waals surface area contributed by atoms with Gasteiger partial charge in [0.25, 0.3) is 0 Å². The van der Waals surface area contributed by atoms with Gasteiger partial charge in [-0.15, -0.1) is 0 Å². The zero-order valence-corrected chi connectivity index (χ0v) is 13.0. The maximum absolute atomic E-state index is 6.25. The molecule has 2 nitrogen and oxygen atoms in total. The third kappa shape index (κ3) is 1.95. The third-order valence-corrected chi connectivity index (χ3v) is 5.24. The molecular weight excluding hydrogens is 315 g/mol. The number of rotatable bonds is 0. The van der Waals surface area contributed by atoms with E-state index < -0.39 is 5.79 Å². The van der Waals surface area contributed by atoms with Crippen molar-refractivity contribution in [3.8, 4) is 0 Å². The number of hydrogen-bond donors (Lipinski definition) is 0. The second-order valence-electron chi connectivity index (χ2n) is 6.21. The molecule has 1 aliphatic carbocycles. The van der Waals surface area contributed by atoms with E-state index in [1.165, 1.54) is 9.15 Å². The molecular formula is C13H21IO2. The van der Waals surface area contributed by atoms with E-state index >= 15 is 0 Å². The Kier molecular flexibility index (Phi) is 2.96. The summed E-state index contributed by atoms with van der Waals surface area (Å²) in [5.74, 6) is -0.430. The molecule has 2 rings (SSSR count). The molecule has 0 bridgehead atoms. The molecule has 0 N–H and O–H groups in total. The molecule has 1 heterocycles. The molecule has 1 aliphatic heterocycles. The van der Waals surface area contributed by atoms with Crippen molar-refractivity contribution in [3.63, 3.8) is 0 Å². The van der Waals surface area contributed by atoms with Gasteiger partial charge in [-0.25, -0.2) is 0 Å². The van der Waals surface area contributed by atoms with Crippen LogP contribution in [0.1, 0.15) is 47.5 Å². The first-order chi connectivity index (χ1) is 7.18. The fourth-order valence-corrected chi connectivity index (χ4v) is 3.85. The van der Waals surface area contributed by atoms with E-state index in [4.69, 9.17) is 9.47 Å². The summed E-state index contributed by atoms with van der Waals surface area (Å²) in [6.07, 6.45) is 2.10. The maximum Gasteiger partial charge on any atom is 0.163 e. The quantitative estimate of drug-likeness (QED) is 0.622. The van der Waals surface area contributed by atoms with Crippen molar-refractivity contribution in [1.29, 1.82) is 0 Å². The lowest BCUT2D eigenvalue weighted by atomic mass is 9.66. The Morgan fingerprint density at radius 1 is 1.12 bits per heavy atom. The third-order valence-electron chi connectivity index (χ3n) is 3.94. The van der Waals surface area contributed by atoms with Crippen LogP contribution in [0.2, 0.25) is 0 Å². The molecule has 2 aliphatic rings. The van der Waals surface area contributed by atoms with Gasteiger partial charge in [-0.2, -0.15) is 0 Å². The standard InChI is InChI=1S/C13H21IO2/c1-9-6-13(8-15-12(4,5)16-13)11(2,3)7-10(9)14/h6-8H2,1-5H3/t13-/m1/s1. The van der Waals surface area contributed by atoms with Crippen LogP contribution in [0, 0.1) is 5.41 Å². The monoisotopic (exact) mass is 336 g/mol. The van der Waals surface area contributed by atoms with Crippen LogP contribution >= 0.6 is 22.6 Å². The fraction of sp³-hybridized carbons (Fsp3) is 0.846. The lowest BCUT2D eigenvalue weighted by Crippen LogP contribution is -2.50. The predicted octanol–water partition coefficient (Wildman–Crippen LogP) is 4.04. The first-order valence-corrected chi connectivity index (χ1v) is 6.94. The van der Waals surface area contributed by atoms with Crippen LogP contribution in [-0.4, -0.2) is 18.0 Å². The molecule has 0 aromatic rings. The molecule has 1 saturated heterocycles. The molecule has 92 valence electrons. The zero-order valence-electron chi connectivity index (χ0n) is 10.8. The minimum Gasteiger partial charge on any atom is -0.347 e. The SMILES string of the molecule is CC1=C(I)CC(C)(C)[C@]2(COC(C)(C)O2)C1. The Morgan fingerprint density at radius 3 is 2.25 bits per heavy atom. The Hall–Kier alpha value is 0.390. The predicted molar refractivity (Wildman–Crippen MR) is 73.6 cm³/mol. The van der Waals surface area contributed by atoms with Gasteiger partial charge in [-0.1, -0.05) is 19.4 Å². The van der Waals surface area contributed by atoms with Crippen LogP contribution < -0.4 is 0 Å². The highest BCUT2D eigenvalue weighted by molar-refractivity contribution is 14.1. The summed E-state index contributed by atoms with van der Waals surface area (Å²) in [7, 11) is 0. The summed E-state index contributed by atoms with van der Waals surface area (Å²) < 4.78 is 13.5. The lowest BCUT2D eigenvalue weighted by Gasteiger charge is -2.47. The van der Waals surface area contributed by atoms with Gasteiger partial charge in [0.1, 0.15) is 5.60 Å². The van der Waals surface area contributed by atoms with Crippen LogP contribution in [0.4, 0.5) is 0 Å². The van der Waals surface area contributed by atoms with Gasteiger partial charge in [-0.05, 0) is 53.4 Å². The summed E-state index contributed by atoms with van der Waals surface area (Å²) in [6.45, 7) is 11.5. The molecule has 0 aromatic heterocycles. The second-order valence-corrected chi connectivity index (χ2v) is 7.51.